The summed E-state index contributed by atoms with van der Waals surface area (Å²) >= 11 is 0. The summed E-state index contributed by atoms with van der Waals surface area (Å²) in [5, 5.41) is 21.2. The minimum Gasteiger partial charge on any atom is -0.480 e. The maximum absolute atomic E-state index is 11.4. The van der Waals surface area contributed by atoms with Gasteiger partial charge in [0.05, 0.1) is 5.69 Å². The van der Waals surface area contributed by atoms with Crippen LogP contribution in [0, 0.1) is 0 Å². The molecule has 0 spiro atoms. The Labute approximate surface area is 109 Å². The number of aromatic nitrogens is 1. The number of aliphatic carboxylic acids is 2. The molecule has 0 unspecified atom stereocenters. The van der Waals surface area contributed by atoms with Crippen molar-refractivity contribution in [1.82, 2.24) is 10.3 Å². The second-order valence-corrected chi connectivity index (χ2v) is 4.48. The largest absolute Gasteiger partial charge is 0.480 e. The molecule has 1 aromatic rings. The van der Waals surface area contributed by atoms with Crippen LogP contribution in [0.1, 0.15) is 18.5 Å². The van der Waals surface area contributed by atoms with Gasteiger partial charge in [-0.15, -0.1) is 0 Å². The summed E-state index contributed by atoms with van der Waals surface area (Å²) in [6, 6.07) is 5.37. The lowest BCUT2D eigenvalue weighted by Gasteiger charge is -2.25. The molecule has 1 aliphatic carbocycles. The molecule has 19 heavy (non-hydrogen) atoms. The zero-order valence-electron chi connectivity index (χ0n) is 10.2. The Hall–Kier alpha value is -2.21. The van der Waals surface area contributed by atoms with Crippen molar-refractivity contribution in [3.63, 3.8) is 0 Å². The fourth-order valence-electron chi connectivity index (χ4n) is 2.07. The van der Waals surface area contributed by atoms with E-state index in [-0.39, 0.29) is 25.0 Å². The molecule has 0 saturated heterocycles. The van der Waals surface area contributed by atoms with Gasteiger partial charge in [-0.05, 0) is 18.6 Å². The monoisotopic (exact) mass is 262 g/mol. The van der Waals surface area contributed by atoms with Crippen LogP contribution < -0.4 is 5.32 Å². The van der Waals surface area contributed by atoms with Crippen LogP contribution in [-0.2, 0) is 16.1 Å². The Bertz CT molecular complexity index is 527. The van der Waals surface area contributed by atoms with Gasteiger partial charge in [0.2, 0.25) is 0 Å². The molecule has 0 fully saturated rings. The van der Waals surface area contributed by atoms with Crippen molar-refractivity contribution >= 4 is 11.9 Å². The highest BCUT2D eigenvalue weighted by Crippen LogP contribution is 2.30. The quantitative estimate of drug-likeness (QED) is 0.725. The van der Waals surface area contributed by atoms with Crippen molar-refractivity contribution in [3.8, 4) is 0 Å². The first-order chi connectivity index (χ1) is 9.03. The smallest absolute Gasteiger partial charge is 0.331 e. The van der Waals surface area contributed by atoms with Crippen molar-refractivity contribution < 1.29 is 19.8 Å². The summed E-state index contributed by atoms with van der Waals surface area (Å²) in [4.78, 5) is 26.4. The predicted octanol–water partition coefficient (Wildman–Crippen LogP) is 0.799. The number of rotatable bonds is 5. The van der Waals surface area contributed by atoms with Gasteiger partial charge in [0, 0.05) is 24.7 Å². The highest BCUT2D eigenvalue weighted by Gasteiger charge is 2.43. The van der Waals surface area contributed by atoms with Crippen molar-refractivity contribution in [2.45, 2.75) is 24.9 Å². The molecule has 6 heteroatoms. The summed E-state index contributed by atoms with van der Waals surface area (Å²) < 4.78 is 0. The summed E-state index contributed by atoms with van der Waals surface area (Å²) in [5.41, 5.74) is -0.395. The topological polar surface area (TPSA) is 99.5 Å². The number of hydrogen-bond acceptors (Lipinski definition) is 4. The van der Waals surface area contributed by atoms with E-state index in [1.165, 1.54) is 6.08 Å². The Balaban J connectivity index is 2.07. The van der Waals surface area contributed by atoms with Crippen molar-refractivity contribution in [3.05, 3.63) is 41.7 Å². The summed E-state index contributed by atoms with van der Waals surface area (Å²) in [7, 11) is 0. The number of carboxylic acids is 2. The lowest BCUT2D eigenvalue weighted by Crippen LogP contribution is -2.50. The molecule has 1 aromatic heterocycles. The van der Waals surface area contributed by atoms with Crippen LogP contribution in [-0.4, -0.2) is 32.7 Å². The van der Waals surface area contributed by atoms with E-state index in [9.17, 15) is 14.7 Å². The summed E-state index contributed by atoms with van der Waals surface area (Å²) in [5.74, 6) is -2.11. The van der Waals surface area contributed by atoms with Gasteiger partial charge in [0.15, 0.2) is 0 Å². The molecule has 1 heterocycles. The van der Waals surface area contributed by atoms with E-state index in [0.717, 1.165) is 0 Å². The Morgan fingerprint density at radius 2 is 2.16 bits per heavy atom. The third-order valence-corrected chi connectivity index (χ3v) is 3.21. The molecule has 0 aliphatic heterocycles. The Morgan fingerprint density at radius 3 is 2.68 bits per heavy atom. The number of carboxylic acid groups (broad SMARTS) is 2. The predicted molar refractivity (Wildman–Crippen MR) is 66.4 cm³/mol. The second kappa shape index (κ2) is 5.19. The Morgan fingerprint density at radius 1 is 1.37 bits per heavy atom. The van der Waals surface area contributed by atoms with E-state index >= 15 is 0 Å². The highest BCUT2D eigenvalue weighted by atomic mass is 16.4. The van der Waals surface area contributed by atoms with Crippen LogP contribution in [0.15, 0.2) is 36.0 Å². The van der Waals surface area contributed by atoms with Gasteiger partial charge < -0.3 is 10.2 Å². The molecule has 1 aliphatic rings. The average Bonchev–Trinajstić information content (AvgIpc) is 2.84. The number of carbonyl (C=O) groups is 2. The Kier molecular flexibility index (Phi) is 3.62. The second-order valence-electron chi connectivity index (χ2n) is 4.48. The number of hydrogen-bond donors (Lipinski definition) is 3. The molecule has 0 saturated carbocycles. The van der Waals surface area contributed by atoms with Gasteiger partial charge >= 0.3 is 11.9 Å². The lowest BCUT2D eigenvalue weighted by atomic mass is 9.95. The first-order valence-electron chi connectivity index (χ1n) is 5.84. The SMILES string of the molecule is O=C(O)C1=CC[C@](NCc2ccccn2)(C(=O)O)C1. The van der Waals surface area contributed by atoms with E-state index in [1.54, 1.807) is 18.3 Å². The minimum atomic E-state index is -1.24. The van der Waals surface area contributed by atoms with Crippen molar-refractivity contribution in [2.24, 2.45) is 0 Å². The number of nitrogens with one attached hydrogen (secondary N) is 1. The van der Waals surface area contributed by atoms with Crippen molar-refractivity contribution in [2.75, 3.05) is 0 Å². The molecule has 3 N–H and O–H groups in total. The van der Waals surface area contributed by atoms with E-state index in [2.05, 4.69) is 10.3 Å². The zero-order chi connectivity index (χ0) is 13.9. The molecule has 2 rings (SSSR count). The van der Waals surface area contributed by atoms with Crippen LogP contribution in [0.5, 0.6) is 0 Å². The van der Waals surface area contributed by atoms with Crippen LogP contribution in [0.25, 0.3) is 0 Å². The summed E-state index contributed by atoms with van der Waals surface area (Å²) in [6.07, 6.45) is 3.23. The first kappa shape index (κ1) is 13.2. The number of nitrogens with zero attached hydrogens (tertiary/aromatic N) is 1. The third-order valence-electron chi connectivity index (χ3n) is 3.21. The number of pyridine rings is 1. The fraction of sp³-hybridized carbons (Fsp3) is 0.308. The highest BCUT2D eigenvalue weighted by molar-refractivity contribution is 5.91. The molecule has 0 aromatic carbocycles. The molecule has 0 radical (unpaired) electrons. The van der Waals surface area contributed by atoms with Crippen LogP contribution in [0.2, 0.25) is 0 Å². The van der Waals surface area contributed by atoms with Crippen molar-refractivity contribution in [1.29, 1.82) is 0 Å². The lowest BCUT2D eigenvalue weighted by molar-refractivity contribution is -0.144. The van der Waals surface area contributed by atoms with Crippen LogP contribution in [0.4, 0.5) is 0 Å². The van der Waals surface area contributed by atoms with Crippen LogP contribution in [0.3, 0.4) is 0 Å². The van der Waals surface area contributed by atoms with Gasteiger partial charge in [0.1, 0.15) is 5.54 Å². The van der Waals surface area contributed by atoms with Gasteiger partial charge in [-0.2, -0.15) is 0 Å². The van der Waals surface area contributed by atoms with E-state index in [1.807, 2.05) is 6.07 Å². The van der Waals surface area contributed by atoms with E-state index in [0.29, 0.717) is 5.69 Å². The normalized spacial score (nSPS) is 22.0. The molecule has 0 bridgehead atoms. The third kappa shape index (κ3) is 2.79. The molecular weight excluding hydrogens is 248 g/mol. The first-order valence-corrected chi connectivity index (χ1v) is 5.84. The maximum atomic E-state index is 11.4. The van der Waals surface area contributed by atoms with Gasteiger partial charge in [0.25, 0.3) is 0 Å². The molecule has 100 valence electrons. The molecule has 1 atom stereocenters. The molecule has 0 amide bonds. The zero-order valence-corrected chi connectivity index (χ0v) is 10.2. The summed E-state index contributed by atoms with van der Waals surface area (Å²) in [6.45, 7) is 0.286. The minimum absolute atomic E-state index is 0.0233. The standard InChI is InChI=1S/C13H14N2O4/c16-11(17)9-4-5-13(7-9,12(18)19)15-8-10-3-1-2-6-14-10/h1-4,6,15H,5,7-8H2,(H,16,17)(H,18,19)/t13-/m1/s1. The van der Waals surface area contributed by atoms with Gasteiger partial charge in [-0.25, -0.2) is 4.79 Å². The van der Waals surface area contributed by atoms with Gasteiger partial charge in [-0.3, -0.25) is 15.1 Å². The fourth-order valence-corrected chi connectivity index (χ4v) is 2.07. The van der Waals surface area contributed by atoms with Crippen LogP contribution >= 0.6 is 0 Å². The van der Waals surface area contributed by atoms with E-state index < -0.39 is 17.5 Å². The molecular formula is C13H14N2O4. The van der Waals surface area contributed by atoms with Gasteiger partial charge in [-0.1, -0.05) is 12.1 Å². The maximum Gasteiger partial charge on any atom is 0.331 e. The van der Waals surface area contributed by atoms with E-state index in [4.69, 9.17) is 5.11 Å². The molecule has 6 nitrogen and oxygen atoms in total. The average molecular weight is 262 g/mol.